The Balaban J connectivity index is 1.48. The number of carbonyl (C=O) groups excluding carboxylic acids is 1. The van der Waals surface area contributed by atoms with Crippen LogP contribution in [-0.2, 0) is 17.9 Å². The van der Waals surface area contributed by atoms with E-state index in [1.54, 1.807) is 36.4 Å². The minimum Gasteiger partial charge on any atom is -0.494 e. The van der Waals surface area contributed by atoms with E-state index in [1.165, 1.54) is 27.7 Å². The average molecular weight is 422 g/mol. The maximum atomic E-state index is 13.1. The van der Waals surface area contributed by atoms with Gasteiger partial charge in [-0.25, -0.2) is 14.1 Å². The van der Waals surface area contributed by atoms with Gasteiger partial charge >= 0.3 is 0 Å². The molecule has 0 aliphatic heterocycles. The lowest BCUT2D eigenvalue weighted by Crippen LogP contribution is -2.28. The largest absolute Gasteiger partial charge is 0.494 e. The number of hydrogen-bond donors (Lipinski definition) is 1. The van der Waals surface area contributed by atoms with E-state index in [0.717, 1.165) is 5.56 Å². The molecule has 0 saturated carbocycles. The maximum Gasteiger partial charge on any atom is 0.283 e. The van der Waals surface area contributed by atoms with Crippen LogP contribution >= 0.6 is 0 Å². The predicted octanol–water partition coefficient (Wildman–Crippen LogP) is 2.21. The molecule has 0 unspecified atom stereocenters. The van der Waals surface area contributed by atoms with Crippen LogP contribution in [0.4, 0.5) is 10.1 Å². The molecule has 31 heavy (non-hydrogen) atoms. The number of halogens is 1. The summed E-state index contributed by atoms with van der Waals surface area (Å²) in [5, 5.41) is 10.6. The third-order valence-electron chi connectivity index (χ3n) is 4.50. The summed E-state index contributed by atoms with van der Waals surface area (Å²) >= 11 is 0. The zero-order valence-electron chi connectivity index (χ0n) is 16.7. The van der Waals surface area contributed by atoms with Gasteiger partial charge in [-0.1, -0.05) is 17.3 Å². The molecule has 0 fully saturated rings. The summed E-state index contributed by atoms with van der Waals surface area (Å²) in [5.41, 5.74) is 1.24. The molecule has 4 aromatic rings. The van der Waals surface area contributed by atoms with Gasteiger partial charge in [0.2, 0.25) is 5.91 Å². The lowest BCUT2D eigenvalue weighted by atomic mass is 10.2. The highest BCUT2D eigenvalue weighted by atomic mass is 19.1. The van der Waals surface area contributed by atoms with Crippen LogP contribution in [0.2, 0.25) is 0 Å². The molecular weight excluding hydrogens is 403 g/mol. The molecule has 0 saturated heterocycles. The highest BCUT2D eigenvalue weighted by Gasteiger charge is 2.14. The molecule has 10 heteroatoms. The number of rotatable bonds is 7. The summed E-state index contributed by atoms with van der Waals surface area (Å²) in [6.07, 6.45) is 1.28. The number of fused-ring (bicyclic) bond motifs is 1. The van der Waals surface area contributed by atoms with E-state index in [2.05, 4.69) is 20.6 Å². The molecule has 9 nitrogen and oxygen atoms in total. The summed E-state index contributed by atoms with van der Waals surface area (Å²) in [6.45, 7) is 2.50. The lowest BCUT2D eigenvalue weighted by Gasteiger charge is -2.08. The average Bonchev–Trinajstić information content (AvgIpc) is 3.17. The molecule has 4 rings (SSSR count). The topological polar surface area (TPSA) is 104 Å². The number of nitrogens with zero attached hydrogens (tertiary/aromatic N) is 5. The minimum absolute atomic E-state index is 0.0541. The van der Waals surface area contributed by atoms with E-state index in [1.807, 2.05) is 6.92 Å². The highest BCUT2D eigenvalue weighted by molar-refractivity contribution is 5.90. The molecule has 2 heterocycles. The first-order chi connectivity index (χ1) is 15.0. The number of hydrogen-bond acceptors (Lipinski definition) is 6. The van der Waals surface area contributed by atoms with Gasteiger partial charge in [0.1, 0.15) is 24.4 Å². The van der Waals surface area contributed by atoms with Crippen molar-refractivity contribution in [2.45, 2.75) is 20.0 Å². The van der Waals surface area contributed by atoms with E-state index in [0.29, 0.717) is 18.0 Å². The van der Waals surface area contributed by atoms with Crippen LogP contribution < -0.4 is 15.6 Å². The van der Waals surface area contributed by atoms with Crippen LogP contribution in [0.5, 0.6) is 5.75 Å². The quantitative estimate of drug-likeness (QED) is 0.490. The summed E-state index contributed by atoms with van der Waals surface area (Å²) in [5.74, 6) is -0.0158. The van der Waals surface area contributed by atoms with Crippen LogP contribution in [0.15, 0.2) is 59.7 Å². The van der Waals surface area contributed by atoms with Crippen molar-refractivity contribution in [3.8, 4) is 5.75 Å². The van der Waals surface area contributed by atoms with Crippen molar-refractivity contribution in [3.63, 3.8) is 0 Å². The first-order valence-electron chi connectivity index (χ1n) is 9.59. The van der Waals surface area contributed by atoms with Crippen molar-refractivity contribution >= 4 is 22.8 Å². The van der Waals surface area contributed by atoms with Crippen molar-refractivity contribution in [1.29, 1.82) is 0 Å². The van der Waals surface area contributed by atoms with Crippen LogP contribution in [0.3, 0.4) is 0 Å². The Morgan fingerprint density at radius 1 is 1.13 bits per heavy atom. The fourth-order valence-corrected chi connectivity index (χ4v) is 3.03. The van der Waals surface area contributed by atoms with Crippen LogP contribution in [0, 0.1) is 5.82 Å². The standard InChI is InChI=1S/C21H19FN6O3/c1-2-31-17-9-7-16(8-10-17)24-18(29)12-27-13-23-20-19(21(27)30)25-26-28(20)11-14-3-5-15(22)6-4-14/h3-10,13H,2,11-12H2,1H3,(H,24,29). The normalized spacial score (nSPS) is 10.9. The van der Waals surface area contributed by atoms with Gasteiger partial charge in [0, 0.05) is 5.69 Å². The van der Waals surface area contributed by atoms with Gasteiger partial charge in [0.05, 0.1) is 13.2 Å². The van der Waals surface area contributed by atoms with E-state index >= 15 is 0 Å². The smallest absolute Gasteiger partial charge is 0.283 e. The first-order valence-corrected chi connectivity index (χ1v) is 9.59. The molecule has 0 atom stereocenters. The minimum atomic E-state index is -0.475. The number of anilines is 1. The monoisotopic (exact) mass is 422 g/mol. The van der Waals surface area contributed by atoms with Crippen molar-refractivity contribution in [2.75, 3.05) is 11.9 Å². The molecule has 0 aliphatic rings. The fraction of sp³-hybridized carbons (Fsp3) is 0.190. The zero-order chi connectivity index (χ0) is 21.8. The predicted molar refractivity (Wildman–Crippen MR) is 111 cm³/mol. The summed E-state index contributed by atoms with van der Waals surface area (Å²) < 4.78 is 21.1. The second kappa shape index (κ2) is 8.74. The van der Waals surface area contributed by atoms with Crippen LogP contribution in [-0.4, -0.2) is 37.1 Å². The van der Waals surface area contributed by atoms with Gasteiger partial charge in [0.15, 0.2) is 11.2 Å². The first kappa shape index (κ1) is 20.2. The van der Waals surface area contributed by atoms with Gasteiger partial charge in [-0.3, -0.25) is 14.2 Å². The molecule has 1 amide bonds. The number of benzene rings is 2. The Hall–Kier alpha value is -4.08. The van der Waals surface area contributed by atoms with Crippen molar-refractivity contribution < 1.29 is 13.9 Å². The summed E-state index contributed by atoms with van der Waals surface area (Å²) in [4.78, 5) is 29.3. The Kier molecular flexibility index (Phi) is 5.69. The number of ether oxygens (including phenoxy) is 1. The lowest BCUT2D eigenvalue weighted by molar-refractivity contribution is -0.116. The molecule has 0 radical (unpaired) electrons. The van der Waals surface area contributed by atoms with E-state index < -0.39 is 5.56 Å². The third kappa shape index (κ3) is 4.58. The second-order valence-electron chi connectivity index (χ2n) is 6.73. The van der Waals surface area contributed by atoms with Crippen molar-refractivity contribution in [3.05, 3.63) is 76.6 Å². The number of aromatic nitrogens is 5. The van der Waals surface area contributed by atoms with E-state index in [4.69, 9.17) is 4.74 Å². The molecule has 2 aromatic heterocycles. The molecule has 0 aliphatic carbocycles. The molecule has 1 N–H and O–H groups in total. The highest BCUT2D eigenvalue weighted by Crippen LogP contribution is 2.15. The maximum absolute atomic E-state index is 13.1. The molecule has 0 bridgehead atoms. The van der Waals surface area contributed by atoms with Crippen molar-refractivity contribution in [1.82, 2.24) is 24.5 Å². The number of carbonyl (C=O) groups is 1. The Morgan fingerprint density at radius 3 is 2.58 bits per heavy atom. The Morgan fingerprint density at radius 2 is 1.87 bits per heavy atom. The van der Waals surface area contributed by atoms with Crippen LogP contribution in [0.25, 0.3) is 11.2 Å². The zero-order valence-corrected chi connectivity index (χ0v) is 16.7. The van der Waals surface area contributed by atoms with Gasteiger partial charge < -0.3 is 10.1 Å². The Bertz CT molecular complexity index is 1270. The number of nitrogens with one attached hydrogen (secondary N) is 1. The fourth-order valence-electron chi connectivity index (χ4n) is 3.03. The molecule has 2 aromatic carbocycles. The third-order valence-corrected chi connectivity index (χ3v) is 4.50. The molecular formula is C21H19FN6O3. The van der Waals surface area contributed by atoms with Crippen LogP contribution in [0.1, 0.15) is 12.5 Å². The SMILES string of the molecule is CCOc1ccc(NC(=O)Cn2cnc3c(nnn3Cc3ccc(F)cc3)c2=O)cc1. The summed E-state index contributed by atoms with van der Waals surface area (Å²) in [6, 6.07) is 12.9. The molecule has 0 spiro atoms. The van der Waals surface area contributed by atoms with E-state index in [9.17, 15) is 14.0 Å². The Labute approximate surface area is 176 Å². The van der Waals surface area contributed by atoms with Gasteiger partial charge in [-0.15, -0.1) is 5.10 Å². The van der Waals surface area contributed by atoms with Gasteiger partial charge in [-0.05, 0) is 48.9 Å². The molecule has 158 valence electrons. The van der Waals surface area contributed by atoms with Gasteiger partial charge in [0.25, 0.3) is 5.56 Å². The number of amides is 1. The van der Waals surface area contributed by atoms with E-state index in [-0.39, 0.29) is 36.0 Å². The van der Waals surface area contributed by atoms with Gasteiger partial charge in [-0.2, -0.15) is 0 Å². The van der Waals surface area contributed by atoms with Crippen molar-refractivity contribution in [2.24, 2.45) is 0 Å². The second-order valence-corrected chi connectivity index (χ2v) is 6.73. The summed E-state index contributed by atoms with van der Waals surface area (Å²) in [7, 11) is 0.